The number of hydrogen-bond acceptors (Lipinski definition) is 5. The van der Waals surface area contributed by atoms with Gasteiger partial charge >= 0.3 is 0 Å². The molecule has 3 heterocycles. The Bertz CT molecular complexity index is 767. The third kappa shape index (κ3) is 3.86. The molecule has 7 heteroatoms. The monoisotopic (exact) mass is 356 g/mol. The maximum absolute atomic E-state index is 12.7. The summed E-state index contributed by atoms with van der Waals surface area (Å²) in [6, 6.07) is 4.18. The number of piperazine rings is 1. The number of aromatic nitrogens is 4. The largest absolute Gasteiger partial charge is 0.349 e. The molecule has 0 radical (unpaired) electrons. The minimum absolute atomic E-state index is 0.139. The van der Waals surface area contributed by atoms with E-state index in [0.29, 0.717) is 25.4 Å². The molecule has 2 aromatic rings. The molecule has 0 saturated carbocycles. The maximum Gasteiger partial charge on any atom is 0.228 e. The van der Waals surface area contributed by atoms with Gasteiger partial charge in [0.15, 0.2) is 5.82 Å². The summed E-state index contributed by atoms with van der Waals surface area (Å²) < 4.78 is 2.02. The van der Waals surface area contributed by atoms with Crippen LogP contribution in [0.4, 0.5) is 5.82 Å². The van der Waals surface area contributed by atoms with Crippen LogP contribution < -0.4 is 4.90 Å². The summed E-state index contributed by atoms with van der Waals surface area (Å²) in [4.78, 5) is 21.5. The highest BCUT2D eigenvalue weighted by atomic mass is 16.2. The van der Waals surface area contributed by atoms with E-state index in [-0.39, 0.29) is 11.9 Å². The van der Waals surface area contributed by atoms with Crippen LogP contribution in [0.1, 0.15) is 43.9 Å². The highest BCUT2D eigenvalue weighted by Gasteiger charge is 2.28. The maximum atomic E-state index is 12.7. The van der Waals surface area contributed by atoms with E-state index in [4.69, 9.17) is 0 Å². The predicted molar refractivity (Wildman–Crippen MR) is 101 cm³/mol. The molecule has 1 saturated heterocycles. The Morgan fingerprint density at radius 2 is 2.04 bits per heavy atom. The lowest BCUT2D eigenvalue weighted by atomic mass is 10.1. The van der Waals surface area contributed by atoms with E-state index in [1.165, 1.54) is 0 Å². The average Bonchev–Trinajstić information content (AvgIpc) is 2.96. The molecule has 2 aromatic heterocycles. The van der Waals surface area contributed by atoms with Crippen molar-refractivity contribution in [3.63, 3.8) is 0 Å². The van der Waals surface area contributed by atoms with Gasteiger partial charge in [-0.25, -0.2) is 4.98 Å². The van der Waals surface area contributed by atoms with Gasteiger partial charge in [0.1, 0.15) is 5.82 Å². The molecule has 0 aliphatic carbocycles. The summed E-state index contributed by atoms with van der Waals surface area (Å²) in [5.41, 5.74) is 1.76. The number of imidazole rings is 1. The van der Waals surface area contributed by atoms with Gasteiger partial charge in [-0.3, -0.25) is 4.79 Å². The van der Waals surface area contributed by atoms with Crippen LogP contribution in [0.15, 0.2) is 18.3 Å². The number of anilines is 1. The molecule has 1 fully saturated rings. The van der Waals surface area contributed by atoms with Crippen molar-refractivity contribution < 1.29 is 4.79 Å². The molecule has 3 rings (SSSR count). The molecule has 0 aromatic carbocycles. The Labute approximate surface area is 155 Å². The normalized spacial score (nSPS) is 17.8. The Morgan fingerprint density at radius 1 is 1.27 bits per heavy atom. The molecule has 1 atom stereocenters. The van der Waals surface area contributed by atoms with Crippen LogP contribution >= 0.6 is 0 Å². The van der Waals surface area contributed by atoms with Crippen molar-refractivity contribution in [2.75, 3.05) is 24.5 Å². The van der Waals surface area contributed by atoms with Crippen LogP contribution in [0.5, 0.6) is 0 Å². The molecule has 0 unspecified atom stereocenters. The van der Waals surface area contributed by atoms with Crippen molar-refractivity contribution in [1.82, 2.24) is 24.6 Å². The highest BCUT2D eigenvalue weighted by Crippen LogP contribution is 2.19. The third-order valence-corrected chi connectivity index (χ3v) is 4.87. The van der Waals surface area contributed by atoms with Gasteiger partial charge in [-0.15, -0.1) is 5.10 Å². The zero-order valence-corrected chi connectivity index (χ0v) is 16.3. The van der Waals surface area contributed by atoms with Gasteiger partial charge in [0.05, 0.1) is 17.8 Å². The Hall–Kier alpha value is -2.44. The number of carbonyl (C=O) groups excluding carboxylic acids is 1. The topological polar surface area (TPSA) is 67.2 Å². The number of carbonyl (C=O) groups is 1. The van der Waals surface area contributed by atoms with E-state index in [2.05, 4.69) is 40.9 Å². The number of hydrogen-bond donors (Lipinski definition) is 0. The SMILES string of the molecule is Cc1ccc(N2CCN(C(=O)Cc3cn(C)c(C(C)C)n3)C[C@H]2C)nn1. The Morgan fingerprint density at radius 3 is 2.62 bits per heavy atom. The predicted octanol–water partition coefficient (Wildman–Crippen LogP) is 1.92. The summed E-state index contributed by atoms with van der Waals surface area (Å²) in [6.45, 7) is 10.4. The summed E-state index contributed by atoms with van der Waals surface area (Å²) >= 11 is 0. The quantitative estimate of drug-likeness (QED) is 0.837. The minimum Gasteiger partial charge on any atom is -0.349 e. The molecule has 0 spiro atoms. The highest BCUT2D eigenvalue weighted by molar-refractivity contribution is 5.78. The van der Waals surface area contributed by atoms with E-state index in [0.717, 1.165) is 29.6 Å². The molecule has 1 aliphatic rings. The number of nitrogens with zero attached hydrogens (tertiary/aromatic N) is 6. The number of rotatable bonds is 4. The van der Waals surface area contributed by atoms with Crippen molar-refractivity contribution in [2.24, 2.45) is 7.05 Å². The molecular formula is C19H28N6O. The van der Waals surface area contributed by atoms with E-state index in [1.54, 1.807) is 0 Å². The van der Waals surface area contributed by atoms with Gasteiger partial charge in [-0.2, -0.15) is 5.10 Å². The van der Waals surface area contributed by atoms with Crippen molar-refractivity contribution in [3.05, 3.63) is 35.5 Å². The van der Waals surface area contributed by atoms with Crippen molar-refractivity contribution in [2.45, 2.75) is 46.1 Å². The van der Waals surface area contributed by atoms with Crippen LogP contribution in [0.3, 0.4) is 0 Å². The second kappa shape index (κ2) is 7.43. The first-order chi connectivity index (χ1) is 12.3. The third-order valence-electron chi connectivity index (χ3n) is 4.87. The molecule has 7 nitrogen and oxygen atoms in total. The van der Waals surface area contributed by atoms with Crippen LogP contribution in [0.2, 0.25) is 0 Å². The standard InChI is InChI=1S/C19H28N6O/c1-13(2)19-20-16(12-23(19)5)10-18(26)24-8-9-25(15(4)11-24)17-7-6-14(3)21-22-17/h6-7,12-13,15H,8-11H2,1-5H3/t15-/m1/s1. The molecule has 0 N–H and O–H groups in total. The zero-order chi connectivity index (χ0) is 18.8. The first-order valence-corrected chi connectivity index (χ1v) is 9.22. The summed E-state index contributed by atoms with van der Waals surface area (Å²) in [7, 11) is 1.99. The van der Waals surface area contributed by atoms with Gasteiger partial charge in [0.25, 0.3) is 0 Å². The Balaban J connectivity index is 1.62. The van der Waals surface area contributed by atoms with Crippen LogP contribution in [0.25, 0.3) is 0 Å². The smallest absolute Gasteiger partial charge is 0.228 e. The van der Waals surface area contributed by atoms with Crippen molar-refractivity contribution in [3.8, 4) is 0 Å². The van der Waals surface area contributed by atoms with Crippen LogP contribution in [-0.4, -0.2) is 56.2 Å². The second-order valence-corrected chi connectivity index (χ2v) is 7.45. The van der Waals surface area contributed by atoms with Gasteiger partial charge in [-0.05, 0) is 26.0 Å². The van der Waals surface area contributed by atoms with Gasteiger partial charge in [-0.1, -0.05) is 13.8 Å². The first kappa shape index (κ1) is 18.4. The van der Waals surface area contributed by atoms with Crippen LogP contribution in [0, 0.1) is 6.92 Å². The molecule has 1 aliphatic heterocycles. The lowest BCUT2D eigenvalue weighted by molar-refractivity contribution is -0.131. The van der Waals surface area contributed by atoms with Gasteiger partial charge < -0.3 is 14.4 Å². The number of aryl methyl sites for hydroxylation is 2. The zero-order valence-electron chi connectivity index (χ0n) is 16.3. The fraction of sp³-hybridized carbons (Fsp3) is 0.579. The van der Waals surface area contributed by atoms with Crippen molar-refractivity contribution >= 4 is 11.7 Å². The van der Waals surface area contributed by atoms with E-state index in [1.807, 2.05) is 41.8 Å². The molecular weight excluding hydrogens is 328 g/mol. The molecule has 0 bridgehead atoms. The molecule has 140 valence electrons. The average molecular weight is 356 g/mol. The summed E-state index contributed by atoms with van der Waals surface area (Å²) in [6.07, 6.45) is 2.33. The van der Waals surface area contributed by atoms with E-state index >= 15 is 0 Å². The van der Waals surface area contributed by atoms with Crippen molar-refractivity contribution in [1.29, 1.82) is 0 Å². The summed E-state index contributed by atoms with van der Waals surface area (Å²) in [5, 5.41) is 8.42. The van der Waals surface area contributed by atoms with Gasteiger partial charge in [0.2, 0.25) is 5.91 Å². The Kier molecular flexibility index (Phi) is 5.25. The number of amides is 1. The summed E-state index contributed by atoms with van der Waals surface area (Å²) in [5.74, 6) is 2.38. The lowest BCUT2D eigenvalue weighted by Gasteiger charge is -2.40. The molecule has 26 heavy (non-hydrogen) atoms. The fourth-order valence-electron chi connectivity index (χ4n) is 3.50. The fourth-order valence-corrected chi connectivity index (χ4v) is 3.50. The van der Waals surface area contributed by atoms with Crippen LogP contribution in [-0.2, 0) is 18.3 Å². The minimum atomic E-state index is 0.139. The second-order valence-electron chi connectivity index (χ2n) is 7.45. The first-order valence-electron chi connectivity index (χ1n) is 9.22. The lowest BCUT2D eigenvalue weighted by Crippen LogP contribution is -2.54. The van der Waals surface area contributed by atoms with Gasteiger partial charge in [0, 0.05) is 44.8 Å². The molecule has 1 amide bonds. The van der Waals surface area contributed by atoms with E-state index in [9.17, 15) is 4.79 Å². The van der Waals surface area contributed by atoms with E-state index < -0.39 is 0 Å².